The van der Waals surface area contributed by atoms with E-state index in [2.05, 4.69) is 26.2 Å². The Morgan fingerprint density at radius 1 is 1.21 bits per heavy atom. The number of aliphatic hydroxyl groups is 4. The van der Waals surface area contributed by atoms with E-state index in [-0.39, 0.29) is 0 Å². The fourth-order valence-corrected chi connectivity index (χ4v) is 2.06. The van der Waals surface area contributed by atoms with Gasteiger partial charge in [-0.05, 0) is 28.1 Å². The third kappa shape index (κ3) is 3.22. The van der Waals surface area contributed by atoms with E-state index in [4.69, 9.17) is 9.84 Å². The highest BCUT2D eigenvalue weighted by atomic mass is 79.9. The van der Waals surface area contributed by atoms with E-state index in [1.54, 1.807) is 18.3 Å². The van der Waals surface area contributed by atoms with E-state index in [0.717, 1.165) is 4.47 Å². The molecule has 2 heterocycles. The van der Waals surface area contributed by atoms with Gasteiger partial charge in [-0.2, -0.15) is 0 Å². The van der Waals surface area contributed by atoms with Gasteiger partial charge in [-0.1, -0.05) is 0 Å². The molecule has 1 aromatic heterocycles. The molecule has 0 spiro atoms. The van der Waals surface area contributed by atoms with Crippen LogP contribution in [0.5, 0.6) is 0 Å². The predicted molar refractivity (Wildman–Crippen MR) is 69.3 cm³/mol. The van der Waals surface area contributed by atoms with Crippen LogP contribution in [0, 0.1) is 0 Å². The van der Waals surface area contributed by atoms with Crippen LogP contribution in [0.2, 0.25) is 0 Å². The number of hydrogen-bond acceptors (Lipinski definition) is 7. The summed E-state index contributed by atoms with van der Waals surface area (Å²) in [5, 5.41) is 40.9. The molecule has 0 aliphatic carbocycles. The number of aromatic nitrogens is 1. The van der Waals surface area contributed by atoms with E-state index < -0.39 is 37.3 Å². The van der Waals surface area contributed by atoms with Gasteiger partial charge in [0.25, 0.3) is 0 Å². The van der Waals surface area contributed by atoms with E-state index in [1.165, 1.54) is 0 Å². The summed E-state index contributed by atoms with van der Waals surface area (Å²) in [5.41, 5.74) is 0. The number of halogens is 1. The van der Waals surface area contributed by atoms with Crippen LogP contribution < -0.4 is 5.32 Å². The summed E-state index contributed by atoms with van der Waals surface area (Å²) < 4.78 is 6.09. The van der Waals surface area contributed by atoms with Gasteiger partial charge in [0, 0.05) is 10.7 Å². The summed E-state index contributed by atoms with van der Waals surface area (Å²) in [4.78, 5) is 4.05. The van der Waals surface area contributed by atoms with Crippen molar-refractivity contribution in [2.24, 2.45) is 0 Å². The summed E-state index contributed by atoms with van der Waals surface area (Å²) in [6.07, 6.45) is -4.44. The molecule has 5 unspecified atom stereocenters. The molecule has 1 aliphatic rings. The molecular weight excluding hydrogens is 320 g/mol. The fourth-order valence-electron chi connectivity index (χ4n) is 1.83. The Balaban J connectivity index is 2.08. The molecule has 2 rings (SSSR count). The van der Waals surface area contributed by atoms with Crippen LogP contribution in [0.1, 0.15) is 0 Å². The standard InChI is InChI=1S/C11H15BrN2O5/c12-5-1-2-7(13-3-5)14-11-10(18)9(17)8(16)6(4-15)19-11/h1-3,6,8-11,15-18H,4H2,(H,13,14). The lowest BCUT2D eigenvalue weighted by atomic mass is 9.98. The van der Waals surface area contributed by atoms with Crippen molar-refractivity contribution in [3.05, 3.63) is 22.8 Å². The Hall–Kier alpha value is -0.770. The lowest BCUT2D eigenvalue weighted by Gasteiger charge is -2.40. The number of pyridine rings is 1. The zero-order chi connectivity index (χ0) is 14.0. The number of rotatable bonds is 3. The van der Waals surface area contributed by atoms with Crippen molar-refractivity contribution in [3.8, 4) is 0 Å². The van der Waals surface area contributed by atoms with E-state index in [1.807, 2.05) is 0 Å². The smallest absolute Gasteiger partial charge is 0.158 e. The van der Waals surface area contributed by atoms with Crippen molar-refractivity contribution >= 4 is 21.7 Å². The van der Waals surface area contributed by atoms with Gasteiger partial charge in [0.05, 0.1) is 6.61 Å². The zero-order valence-corrected chi connectivity index (χ0v) is 11.4. The van der Waals surface area contributed by atoms with Crippen LogP contribution in [0.3, 0.4) is 0 Å². The van der Waals surface area contributed by atoms with Crippen LogP contribution >= 0.6 is 15.9 Å². The van der Waals surface area contributed by atoms with Crippen molar-refractivity contribution in [3.63, 3.8) is 0 Å². The maximum atomic E-state index is 9.82. The van der Waals surface area contributed by atoms with Crippen LogP contribution in [0.4, 0.5) is 5.82 Å². The molecule has 5 atom stereocenters. The van der Waals surface area contributed by atoms with Gasteiger partial charge in [-0.3, -0.25) is 0 Å². The third-order valence-corrected chi connectivity index (χ3v) is 3.38. The van der Waals surface area contributed by atoms with Gasteiger partial charge < -0.3 is 30.5 Å². The van der Waals surface area contributed by atoms with Gasteiger partial charge in [-0.25, -0.2) is 4.98 Å². The highest BCUT2D eigenvalue weighted by Gasteiger charge is 2.43. The van der Waals surface area contributed by atoms with Gasteiger partial charge in [0.1, 0.15) is 30.2 Å². The highest BCUT2D eigenvalue weighted by Crippen LogP contribution is 2.22. The maximum Gasteiger partial charge on any atom is 0.158 e. The Bertz CT molecular complexity index is 416. The molecule has 1 aromatic rings. The minimum atomic E-state index is -1.40. The summed E-state index contributed by atoms with van der Waals surface area (Å²) in [6.45, 7) is -0.461. The summed E-state index contributed by atoms with van der Waals surface area (Å²) in [7, 11) is 0. The number of anilines is 1. The van der Waals surface area contributed by atoms with Crippen LogP contribution in [0.15, 0.2) is 22.8 Å². The molecule has 1 fully saturated rings. The van der Waals surface area contributed by atoms with Crippen molar-refractivity contribution in [2.45, 2.75) is 30.6 Å². The monoisotopic (exact) mass is 334 g/mol. The number of nitrogens with zero attached hydrogens (tertiary/aromatic N) is 1. The highest BCUT2D eigenvalue weighted by molar-refractivity contribution is 9.10. The average Bonchev–Trinajstić information content (AvgIpc) is 2.42. The fraction of sp³-hybridized carbons (Fsp3) is 0.545. The molecule has 5 N–H and O–H groups in total. The first-order valence-corrected chi connectivity index (χ1v) is 6.51. The van der Waals surface area contributed by atoms with E-state index in [9.17, 15) is 15.3 Å². The largest absolute Gasteiger partial charge is 0.394 e. The van der Waals surface area contributed by atoms with Gasteiger partial charge in [-0.15, -0.1) is 0 Å². The minimum absolute atomic E-state index is 0.438. The molecule has 1 saturated heterocycles. The van der Waals surface area contributed by atoms with Crippen molar-refractivity contribution in [1.29, 1.82) is 0 Å². The quantitative estimate of drug-likeness (QED) is 0.484. The second kappa shape index (κ2) is 6.12. The Kier molecular flexibility index (Phi) is 4.71. The van der Waals surface area contributed by atoms with Crippen LogP contribution in [-0.2, 0) is 4.74 Å². The van der Waals surface area contributed by atoms with E-state index >= 15 is 0 Å². The SMILES string of the molecule is OCC1OC(Nc2ccc(Br)cn2)C(O)C(O)C1O. The van der Waals surface area contributed by atoms with Crippen molar-refractivity contribution in [2.75, 3.05) is 11.9 Å². The second-order valence-electron chi connectivity index (χ2n) is 4.26. The first-order chi connectivity index (χ1) is 9.02. The van der Waals surface area contributed by atoms with Gasteiger partial charge in [0.15, 0.2) is 6.23 Å². The summed E-state index contributed by atoms with van der Waals surface area (Å²) in [5.74, 6) is 0.438. The van der Waals surface area contributed by atoms with Crippen molar-refractivity contribution < 1.29 is 25.2 Å². The average molecular weight is 335 g/mol. The summed E-state index contributed by atoms with van der Waals surface area (Å²) in [6, 6.07) is 3.41. The molecule has 1 aliphatic heterocycles. The van der Waals surface area contributed by atoms with Crippen LogP contribution in [0.25, 0.3) is 0 Å². The lowest BCUT2D eigenvalue weighted by Crippen LogP contribution is -2.60. The molecule has 0 amide bonds. The molecule has 19 heavy (non-hydrogen) atoms. The van der Waals surface area contributed by atoms with Gasteiger partial charge in [0.2, 0.25) is 0 Å². The van der Waals surface area contributed by atoms with Crippen LogP contribution in [-0.4, -0.2) is 62.7 Å². The second-order valence-corrected chi connectivity index (χ2v) is 5.17. The molecular formula is C11H15BrN2O5. The number of ether oxygens (including phenoxy) is 1. The summed E-state index contributed by atoms with van der Waals surface area (Å²) >= 11 is 3.24. The predicted octanol–water partition coefficient (Wildman–Crippen LogP) is -0.944. The molecule has 7 nitrogen and oxygen atoms in total. The number of aliphatic hydroxyl groups excluding tert-OH is 4. The van der Waals surface area contributed by atoms with Gasteiger partial charge >= 0.3 is 0 Å². The Morgan fingerprint density at radius 2 is 1.95 bits per heavy atom. The number of hydrogen-bond donors (Lipinski definition) is 5. The molecule has 8 heteroatoms. The molecule has 0 bridgehead atoms. The first-order valence-electron chi connectivity index (χ1n) is 5.71. The van der Waals surface area contributed by atoms with E-state index in [0.29, 0.717) is 5.82 Å². The first kappa shape index (κ1) is 14.6. The topological polar surface area (TPSA) is 115 Å². The maximum absolute atomic E-state index is 9.82. The Labute approximate surface area is 118 Å². The lowest BCUT2D eigenvalue weighted by molar-refractivity contribution is -0.221. The minimum Gasteiger partial charge on any atom is -0.394 e. The zero-order valence-electron chi connectivity index (χ0n) is 9.85. The molecule has 106 valence electrons. The number of nitrogens with one attached hydrogen (secondary N) is 1. The molecule has 0 saturated carbocycles. The Morgan fingerprint density at radius 3 is 2.53 bits per heavy atom. The molecule has 0 aromatic carbocycles. The van der Waals surface area contributed by atoms with Crippen molar-refractivity contribution in [1.82, 2.24) is 4.98 Å². The third-order valence-electron chi connectivity index (χ3n) is 2.91. The normalized spacial score (nSPS) is 35.1. The molecule has 0 radical (unpaired) electrons.